The number of aryl methyl sites for hydroxylation is 2. The van der Waals surface area contributed by atoms with E-state index in [1.54, 1.807) is 24.3 Å². The van der Waals surface area contributed by atoms with E-state index in [1.807, 2.05) is 20.1 Å². The van der Waals surface area contributed by atoms with E-state index in [1.165, 1.54) is 11.8 Å². The summed E-state index contributed by atoms with van der Waals surface area (Å²) in [6, 6.07) is 6.64. The van der Waals surface area contributed by atoms with Gasteiger partial charge in [0, 0.05) is 23.5 Å². The van der Waals surface area contributed by atoms with Crippen LogP contribution in [0.25, 0.3) is 0 Å². The van der Waals surface area contributed by atoms with E-state index in [0.29, 0.717) is 17.7 Å². The number of nitrogens with two attached hydrogens (primary N) is 1. The fourth-order valence-electron chi connectivity index (χ4n) is 2.59. The smallest absolute Gasteiger partial charge is 0.224 e. The first-order valence-electron chi connectivity index (χ1n) is 7.95. The molecule has 9 heteroatoms. The van der Waals surface area contributed by atoms with Crippen molar-refractivity contribution in [3.8, 4) is 0 Å². The zero-order valence-electron chi connectivity index (χ0n) is 14.9. The highest BCUT2D eigenvalue weighted by atomic mass is 32.2. The number of benzene rings is 1. The van der Waals surface area contributed by atoms with Crippen LogP contribution in [-0.4, -0.2) is 30.5 Å². The number of sulfonamides is 1. The van der Waals surface area contributed by atoms with Gasteiger partial charge in [0.2, 0.25) is 15.9 Å². The predicted octanol–water partition coefficient (Wildman–Crippen LogP) is 2.18. The molecule has 2 rings (SSSR count). The van der Waals surface area contributed by atoms with E-state index < -0.39 is 10.0 Å². The predicted molar refractivity (Wildman–Crippen MR) is 103 cm³/mol. The van der Waals surface area contributed by atoms with Crippen molar-refractivity contribution in [1.29, 1.82) is 0 Å². The van der Waals surface area contributed by atoms with Gasteiger partial charge < -0.3 is 5.32 Å². The van der Waals surface area contributed by atoms with Gasteiger partial charge in [0.05, 0.1) is 5.75 Å². The first kappa shape index (κ1) is 20.3. The Morgan fingerprint density at radius 1 is 1.23 bits per heavy atom. The Morgan fingerprint density at radius 3 is 2.46 bits per heavy atom. The third kappa shape index (κ3) is 6.08. The van der Waals surface area contributed by atoms with Crippen molar-refractivity contribution in [2.45, 2.75) is 37.6 Å². The number of nitrogens with one attached hydrogen (secondary N) is 1. The van der Waals surface area contributed by atoms with Gasteiger partial charge in [-0.05, 0) is 49.8 Å². The van der Waals surface area contributed by atoms with Gasteiger partial charge in [-0.15, -0.1) is 0 Å². The van der Waals surface area contributed by atoms with Crippen LogP contribution in [0.3, 0.4) is 0 Å². The summed E-state index contributed by atoms with van der Waals surface area (Å²) in [4.78, 5) is 21.1. The normalized spacial score (nSPS) is 11.4. The lowest BCUT2D eigenvalue weighted by Gasteiger charge is -2.11. The van der Waals surface area contributed by atoms with Crippen molar-refractivity contribution in [3.63, 3.8) is 0 Å². The Bertz CT molecular complexity index is 891. The molecular formula is C17H22N4O3S2. The number of hydrogen-bond acceptors (Lipinski definition) is 6. The largest absolute Gasteiger partial charge is 0.326 e. The molecule has 0 aliphatic carbocycles. The summed E-state index contributed by atoms with van der Waals surface area (Å²) in [6.07, 6.45) is 2.74. The average Bonchev–Trinajstić information content (AvgIpc) is 2.52. The average molecular weight is 395 g/mol. The molecule has 1 heterocycles. The van der Waals surface area contributed by atoms with Gasteiger partial charge in [0.25, 0.3) is 0 Å². The Hall–Kier alpha value is -1.97. The molecule has 1 aromatic heterocycles. The van der Waals surface area contributed by atoms with E-state index >= 15 is 0 Å². The molecule has 0 bridgehead atoms. The van der Waals surface area contributed by atoms with Crippen LogP contribution in [-0.2, 0) is 27.0 Å². The fraction of sp³-hybridized carbons (Fsp3) is 0.353. The van der Waals surface area contributed by atoms with E-state index in [4.69, 9.17) is 5.14 Å². The van der Waals surface area contributed by atoms with Gasteiger partial charge >= 0.3 is 0 Å². The summed E-state index contributed by atoms with van der Waals surface area (Å²) in [5, 5.41) is 8.55. The van der Waals surface area contributed by atoms with Crippen molar-refractivity contribution in [2.24, 2.45) is 5.14 Å². The van der Waals surface area contributed by atoms with Crippen LogP contribution in [0.1, 0.15) is 28.9 Å². The second kappa shape index (κ2) is 8.61. The number of carbonyl (C=O) groups is 1. The third-order valence-electron chi connectivity index (χ3n) is 3.76. The van der Waals surface area contributed by atoms with Gasteiger partial charge in [-0.1, -0.05) is 23.9 Å². The molecule has 0 spiro atoms. The summed E-state index contributed by atoms with van der Waals surface area (Å²) in [7, 11) is -3.61. The minimum absolute atomic E-state index is 0.162. The van der Waals surface area contributed by atoms with Gasteiger partial charge in [-0.2, -0.15) is 0 Å². The molecule has 2 aromatic rings. The SMILES string of the molecule is CSc1nc(C)c(CCC(=O)Nc2cccc(CS(N)(=O)=O)c2)c(C)n1. The number of carbonyl (C=O) groups excluding carboxylic acids is 1. The monoisotopic (exact) mass is 394 g/mol. The first-order valence-corrected chi connectivity index (χ1v) is 10.9. The number of amides is 1. The summed E-state index contributed by atoms with van der Waals surface area (Å²) >= 11 is 1.48. The van der Waals surface area contributed by atoms with Crippen molar-refractivity contribution >= 4 is 33.4 Å². The van der Waals surface area contributed by atoms with E-state index in [2.05, 4.69) is 15.3 Å². The quantitative estimate of drug-likeness (QED) is 0.549. The van der Waals surface area contributed by atoms with Crippen molar-refractivity contribution < 1.29 is 13.2 Å². The molecule has 0 aliphatic rings. The van der Waals surface area contributed by atoms with Crippen LogP contribution in [0, 0.1) is 13.8 Å². The molecule has 26 heavy (non-hydrogen) atoms. The van der Waals surface area contributed by atoms with Crippen LogP contribution in [0.2, 0.25) is 0 Å². The van der Waals surface area contributed by atoms with Crippen LogP contribution in [0.5, 0.6) is 0 Å². The van der Waals surface area contributed by atoms with Crippen LogP contribution >= 0.6 is 11.8 Å². The number of anilines is 1. The second-order valence-electron chi connectivity index (χ2n) is 5.92. The van der Waals surface area contributed by atoms with E-state index in [0.717, 1.165) is 22.1 Å². The van der Waals surface area contributed by atoms with Gasteiger partial charge in [-0.3, -0.25) is 4.79 Å². The third-order valence-corrected chi connectivity index (χ3v) is 5.05. The highest BCUT2D eigenvalue weighted by Crippen LogP contribution is 2.18. The minimum atomic E-state index is -3.61. The molecule has 0 saturated carbocycles. The zero-order chi connectivity index (χ0) is 19.3. The summed E-state index contributed by atoms with van der Waals surface area (Å²) in [6.45, 7) is 3.83. The number of primary sulfonamides is 1. The zero-order valence-corrected chi connectivity index (χ0v) is 16.6. The number of hydrogen-bond donors (Lipinski definition) is 2. The van der Waals surface area contributed by atoms with Crippen LogP contribution in [0.4, 0.5) is 5.69 Å². The Balaban J connectivity index is 2.01. The van der Waals surface area contributed by atoms with Crippen molar-refractivity contribution in [1.82, 2.24) is 9.97 Å². The van der Waals surface area contributed by atoms with Crippen LogP contribution < -0.4 is 10.5 Å². The maximum atomic E-state index is 12.2. The second-order valence-corrected chi connectivity index (χ2v) is 8.30. The van der Waals surface area contributed by atoms with Crippen molar-refractivity contribution in [2.75, 3.05) is 11.6 Å². The van der Waals surface area contributed by atoms with Gasteiger partial charge in [-0.25, -0.2) is 23.5 Å². The molecule has 0 radical (unpaired) electrons. The summed E-state index contributed by atoms with van der Waals surface area (Å²) < 4.78 is 22.4. The molecule has 1 amide bonds. The molecule has 0 unspecified atom stereocenters. The topological polar surface area (TPSA) is 115 Å². The van der Waals surface area contributed by atoms with Gasteiger partial charge in [0.15, 0.2) is 5.16 Å². The lowest BCUT2D eigenvalue weighted by Crippen LogP contribution is -2.16. The summed E-state index contributed by atoms with van der Waals surface area (Å²) in [5.41, 5.74) is 3.80. The minimum Gasteiger partial charge on any atom is -0.326 e. The number of nitrogens with zero attached hydrogens (tertiary/aromatic N) is 2. The lowest BCUT2D eigenvalue weighted by atomic mass is 10.1. The number of rotatable bonds is 7. The maximum Gasteiger partial charge on any atom is 0.224 e. The molecule has 0 saturated heterocycles. The van der Waals surface area contributed by atoms with E-state index in [9.17, 15) is 13.2 Å². The van der Waals surface area contributed by atoms with Gasteiger partial charge in [0.1, 0.15) is 0 Å². The first-order chi connectivity index (χ1) is 12.2. The Morgan fingerprint density at radius 2 is 1.88 bits per heavy atom. The molecule has 1 aromatic carbocycles. The highest BCUT2D eigenvalue weighted by molar-refractivity contribution is 7.98. The van der Waals surface area contributed by atoms with Crippen LogP contribution in [0.15, 0.2) is 29.4 Å². The fourth-order valence-corrected chi connectivity index (χ4v) is 3.70. The molecule has 0 aliphatic heterocycles. The van der Waals surface area contributed by atoms with Crippen molar-refractivity contribution in [3.05, 3.63) is 46.8 Å². The maximum absolute atomic E-state index is 12.2. The molecule has 7 nitrogen and oxygen atoms in total. The molecule has 3 N–H and O–H groups in total. The van der Waals surface area contributed by atoms with E-state index in [-0.39, 0.29) is 18.1 Å². The molecule has 0 atom stereocenters. The molecular weight excluding hydrogens is 372 g/mol. The standard InChI is InChI=1S/C17H22N4O3S2/c1-11-15(12(2)20-17(19-11)25-3)7-8-16(22)21-14-6-4-5-13(9-14)10-26(18,23)24/h4-6,9H,7-8,10H2,1-3H3,(H,21,22)(H2,18,23,24). The lowest BCUT2D eigenvalue weighted by molar-refractivity contribution is -0.116. The summed E-state index contributed by atoms with van der Waals surface area (Å²) in [5.74, 6) is -0.431. The Kier molecular flexibility index (Phi) is 6.74. The number of aromatic nitrogens is 2. The molecule has 140 valence electrons. The number of thioether (sulfide) groups is 1. The molecule has 0 fully saturated rings. The Labute approximate surface area is 157 Å². The highest BCUT2D eigenvalue weighted by Gasteiger charge is 2.11.